The van der Waals surface area contributed by atoms with Crippen LogP contribution in [0.2, 0.25) is 0 Å². The van der Waals surface area contributed by atoms with Crippen LogP contribution in [0.3, 0.4) is 0 Å². The number of methoxy groups -OCH3 is 1. The predicted molar refractivity (Wildman–Crippen MR) is 83.6 cm³/mol. The lowest BCUT2D eigenvalue weighted by Crippen LogP contribution is -2.40. The van der Waals surface area contributed by atoms with Gasteiger partial charge in [0.1, 0.15) is 5.75 Å². The van der Waals surface area contributed by atoms with Crippen LogP contribution in [-0.2, 0) is 5.21 Å². The summed E-state index contributed by atoms with van der Waals surface area (Å²) >= 11 is 0. The molecule has 1 atom stereocenters. The molecule has 111 valence electrons. The molecule has 0 N–H and O–H groups in total. The van der Waals surface area contributed by atoms with Crippen LogP contribution in [-0.4, -0.2) is 17.7 Å². The van der Waals surface area contributed by atoms with Crippen molar-refractivity contribution < 1.29 is 9.94 Å². The van der Waals surface area contributed by atoms with Crippen molar-refractivity contribution in [3.05, 3.63) is 65.7 Å². The van der Waals surface area contributed by atoms with Gasteiger partial charge >= 0.3 is 0 Å². The molecule has 0 aromatic heterocycles. The van der Waals surface area contributed by atoms with E-state index in [1.54, 1.807) is 7.11 Å². The Morgan fingerprint density at radius 3 is 1.90 bits per heavy atom. The van der Waals surface area contributed by atoms with Crippen molar-refractivity contribution in [1.29, 1.82) is 0 Å². The first-order valence-corrected chi connectivity index (χ1v) is 7.09. The van der Waals surface area contributed by atoms with Gasteiger partial charge in [-0.3, -0.25) is 0 Å². The molecule has 0 aliphatic rings. The van der Waals surface area contributed by atoms with Gasteiger partial charge in [0.15, 0.2) is 0 Å². The lowest BCUT2D eigenvalue weighted by atomic mass is 9.94. The highest BCUT2D eigenvalue weighted by Crippen LogP contribution is 2.33. The molecule has 21 heavy (non-hydrogen) atoms. The molecule has 1 radical (unpaired) electrons. The van der Waals surface area contributed by atoms with E-state index in [1.807, 2.05) is 75.4 Å². The van der Waals surface area contributed by atoms with E-state index >= 15 is 0 Å². The Balaban J connectivity index is 2.45. The summed E-state index contributed by atoms with van der Waals surface area (Å²) in [6, 6.07) is 17.2. The predicted octanol–water partition coefficient (Wildman–Crippen LogP) is 4.23. The molecule has 3 heteroatoms. The van der Waals surface area contributed by atoms with E-state index in [0.717, 1.165) is 21.9 Å². The summed E-state index contributed by atoms with van der Waals surface area (Å²) in [5.41, 5.74) is 1.49. The van der Waals surface area contributed by atoms with Gasteiger partial charge in [-0.05, 0) is 44.0 Å². The van der Waals surface area contributed by atoms with E-state index in [-0.39, 0.29) is 6.04 Å². The second-order valence-electron chi connectivity index (χ2n) is 6.08. The van der Waals surface area contributed by atoms with Gasteiger partial charge in [-0.1, -0.05) is 42.5 Å². The maximum atomic E-state index is 12.8. The number of nitrogens with zero attached hydrogens (tertiary/aromatic N) is 1. The van der Waals surface area contributed by atoms with E-state index in [9.17, 15) is 5.21 Å². The van der Waals surface area contributed by atoms with E-state index in [0.29, 0.717) is 0 Å². The van der Waals surface area contributed by atoms with Crippen LogP contribution in [0, 0.1) is 0 Å². The molecule has 1 unspecified atom stereocenters. The molecular weight excluding hydrogens is 262 g/mol. The molecule has 0 heterocycles. The standard InChI is InChI=1S/C18H22NO2/c1-18(2,3)19(20)17(14-8-6-5-7-9-14)15-10-12-16(21-4)13-11-15/h5-13,17H,1-4H3. The second kappa shape index (κ2) is 6.29. The molecule has 0 saturated heterocycles. The van der Waals surface area contributed by atoms with Gasteiger partial charge in [0.2, 0.25) is 0 Å². The van der Waals surface area contributed by atoms with Crippen LogP contribution in [0.15, 0.2) is 54.6 Å². The van der Waals surface area contributed by atoms with Gasteiger partial charge in [0.05, 0.1) is 13.2 Å². The minimum atomic E-state index is -0.472. The quantitative estimate of drug-likeness (QED) is 0.787. The Hall–Kier alpha value is -1.84. The smallest absolute Gasteiger partial charge is 0.118 e. The molecule has 0 amide bonds. The molecule has 0 bridgehead atoms. The fourth-order valence-corrected chi connectivity index (χ4v) is 2.27. The van der Waals surface area contributed by atoms with E-state index in [1.165, 1.54) is 0 Å². The molecule has 3 nitrogen and oxygen atoms in total. The zero-order chi connectivity index (χ0) is 15.5. The van der Waals surface area contributed by atoms with Crippen LogP contribution >= 0.6 is 0 Å². The maximum Gasteiger partial charge on any atom is 0.118 e. The van der Waals surface area contributed by atoms with E-state index in [4.69, 9.17) is 4.74 Å². The van der Waals surface area contributed by atoms with Crippen LogP contribution in [0.1, 0.15) is 37.9 Å². The average molecular weight is 284 g/mol. The third-order valence-electron chi connectivity index (χ3n) is 3.44. The van der Waals surface area contributed by atoms with Crippen molar-refractivity contribution in [3.8, 4) is 5.75 Å². The minimum Gasteiger partial charge on any atom is -0.497 e. The number of hydrogen-bond donors (Lipinski definition) is 0. The first-order chi connectivity index (χ1) is 9.93. The van der Waals surface area contributed by atoms with Crippen molar-refractivity contribution in [2.75, 3.05) is 7.11 Å². The van der Waals surface area contributed by atoms with E-state index < -0.39 is 5.54 Å². The molecule has 0 saturated carbocycles. The van der Waals surface area contributed by atoms with Crippen LogP contribution in [0.5, 0.6) is 5.75 Å². The Morgan fingerprint density at radius 1 is 0.905 bits per heavy atom. The van der Waals surface area contributed by atoms with Gasteiger partial charge < -0.3 is 4.74 Å². The summed E-state index contributed by atoms with van der Waals surface area (Å²) in [5.74, 6) is 0.791. The summed E-state index contributed by atoms with van der Waals surface area (Å²) in [6.07, 6.45) is 0. The lowest BCUT2D eigenvalue weighted by molar-refractivity contribution is -0.233. The zero-order valence-electron chi connectivity index (χ0n) is 13.0. The molecule has 2 aromatic carbocycles. The molecule has 0 aliphatic carbocycles. The number of ether oxygens (including phenoxy) is 1. The molecule has 2 rings (SSSR count). The van der Waals surface area contributed by atoms with Crippen molar-refractivity contribution >= 4 is 0 Å². The van der Waals surface area contributed by atoms with Crippen molar-refractivity contribution in [2.45, 2.75) is 32.4 Å². The Labute approximate surface area is 126 Å². The third kappa shape index (κ3) is 3.63. The van der Waals surface area contributed by atoms with Crippen molar-refractivity contribution in [2.24, 2.45) is 0 Å². The summed E-state index contributed by atoms with van der Waals surface area (Å²) in [6.45, 7) is 5.79. The number of hydrogen-bond acceptors (Lipinski definition) is 2. The second-order valence-corrected chi connectivity index (χ2v) is 6.08. The largest absolute Gasteiger partial charge is 0.497 e. The Morgan fingerprint density at radius 2 is 1.43 bits per heavy atom. The normalized spacial score (nSPS) is 13.2. The number of benzene rings is 2. The first-order valence-electron chi connectivity index (χ1n) is 7.09. The SMILES string of the molecule is COc1ccc(C(c2ccccc2)N([O])C(C)(C)C)cc1. The Kier molecular flexibility index (Phi) is 4.66. The van der Waals surface area contributed by atoms with Gasteiger partial charge in [-0.15, -0.1) is 10.3 Å². The van der Waals surface area contributed by atoms with Gasteiger partial charge in [-0.25, -0.2) is 0 Å². The topological polar surface area (TPSA) is 32.4 Å². The molecule has 0 fully saturated rings. The molecule has 0 aliphatic heterocycles. The highest BCUT2D eigenvalue weighted by Gasteiger charge is 2.31. The summed E-state index contributed by atoms with van der Waals surface area (Å²) in [7, 11) is 1.64. The van der Waals surface area contributed by atoms with E-state index in [2.05, 4.69) is 0 Å². The highest BCUT2D eigenvalue weighted by atomic mass is 16.5. The minimum absolute atomic E-state index is 0.322. The lowest BCUT2D eigenvalue weighted by Gasteiger charge is -2.34. The van der Waals surface area contributed by atoms with Crippen LogP contribution < -0.4 is 4.74 Å². The fourth-order valence-electron chi connectivity index (χ4n) is 2.27. The van der Waals surface area contributed by atoms with Gasteiger partial charge in [-0.2, -0.15) is 0 Å². The van der Waals surface area contributed by atoms with Crippen molar-refractivity contribution in [3.63, 3.8) is 0 Å². The maximum absolute atomic E-state index is 12.8. The number of hydroxylamine groups is 2. The van der Waals surface area contributed by atoms with Crippen LogP contribution in [0.25, 0.3) is 0 Å². The monoisotopic (exact) mass is 284 g/mol. The third-order valence-corrected chi connectivity index (χ3v) is 3.44. The van der Waals surface area contributed by atoms with Crippen LogP contribution in [0.4, 0.5) is 0 Å². The highest BCUT2D eigenvalue weighted by molar-refractivity contribution is 5.35. The molecule has 2 aromatic rings. The van der Waals surface area contributed by atoms with Gasteiger partial charge in [0.25, 0.3) is 0 Å². The summed E-state index contributed by atoms with van der Waals surface area (Å²) in [4.78, 5) is 0. The summed E-state index contributed by atoms with van der Waals surface area (Å²) < 4.78 is 5.19. The average Bonchev–Trinajstić information content (AvgIpc) is 2.48. The fraction of sp³-hybridized carbons (Fsp3) is 0.333. The van der Waals surface area contributed by atoms with Gasteiger partial charge in [0, 0.05) is 5.54 Å². The first kappa shape index (κ1) is 15.5. The molecule has 0 spiro atoms. The molecular formula is C18H22NO2. The summed E-state index contributed by atoms with van der Waals surface area (Å²) in [5, 5.41) is 14.0. The zero-order valence-corrected chi connectivity index (χ0v) is 13.0. The Bertz CT molecular complexity index is 558. The number of rotatable bonds is 4. The van der Waals surface area contributed by atoms with Crippen molar-refractivity contribution in [1.82, 2.24) is 5.06 Å².